The Kier molecular flexibility index (Phi) is 8.95. The molecule has 1 fully saturated rings. The summed E-state index contributed by atoms with van der Waals surface area (Å²) >= 11 is 0. The van der Waals surface area contributed by atoms with Gasteiger partial charge in [-0.25, -0.2) is 4.79 Å². The van der Waals surface area contributed by atoms with Gasteiger partial charge in [-0.05, 0) is 32.8 Å². The van der Waals surface area contributed by atoms with Crippen molar-refractivity contribution < 1.29 is 38.1 Å². The minimum Gasteiger partial charge on any atom is -0.427 e. The molecule has 0 aromatic heterocycles. The van der Waals surface area contributed by atoms with Crippen molar-refractivity contribution in [1.29, 1.82) is 0 Å². The van der Waals surface area contributed by atoms with Crippen LogP contribution in [0, 0.1) is 5.41 Å². The monoisotopic (exact) mass is 464 g/mol. The van der Waals surface area contributed by atoms with Crippen molar-refractivity contribution in [2.45, 2.75) is 58.4 Å². The van der Waals surface area contributed by atoms with Crippen molar-refractivity contribution in [3.8, 4) is 0 Å². The van der Waals surface area contributed by atoms with Crippen LogP contribution >= 0.6 is 0 Å². The molecule has 3 atom stereocenters. The average molecular weight is 465 g/mol. The lowest BCUT2D eigenvalue weighted by Crippen LogP contribution is -2.55. The van der Waals surface area contributed by atoms with E-state index >= 15 is 0 Å². The molecular weight excluding hydrogens is 432 g/mol. The molecule has 2 rings (SSSR count). The van der Waals surface area contributed by atoms with Crippen LogP contribution in [0.5, 0.6) is 0 Å². The molecule has 10 heteroatoms. The summed E-state index contributed by atoms with van der Waals surface area (Å²) < 4.78 is 20.1. The zero-order valence-electron chi connectivity index (χ0n) is 19.6. The Hall–Kier alpha value is -2.98. The molecule has 0 radical (unpaired) electrons. The molecule has 33 heavy (non-hydrogen) atoms. The molecule has 0 bridgehead atoms. The van der Waals surface area contributed by atoms with Gasteiger partial charge in [0.25, 0.3) is 11.5 Å². The number of carbonyl (C=O) groups excluding carboxylic acids is 4. The molecule has 2 N–H and O–H groups in total. The van der Waals surface area contributed by atoms with Crippen LogP contribution in [0.3, 0.4) is 0 Å². The second kappa shape index (κ2) is 11.2. The lowest BCUT2D eigenvalue weighted by atomic mass is 9.98. The van der Waals surface area contributed by atoms with Crippen molar-refractivity contribution in [2.24, 2.45) is 5.41 Å². The molecular formula is C23H32N2O8. The highest BCUT2D eigenvalue weighted by Gasteiger charge is 2.61. The normalized spacial score (nSPS) is 19.1. The summed E-state index contributed by atoms with van der Waals surface area (Å²) in [5.41, 5.74) is -1.84. The Morgan fingerprint density at radius 2 is 1.73 bits per heavy atom. The van der Waals surface area contributed by atoms with E-state index < -0.39 is 53.8 Å². The predicted octanol–water partition coefficient (Wildman–Crippen LogP) is 1.07. The summed E-state index contributed by atoms with van der Waals surface area (Å²) in [7, 11) is 1.47. The van der Waals surface area contributed by atoms with Crippen LogP contribution in [0.4, 0.5) is 0 Å². The van der Waals surface area contributed by atoms with E-state index in [1.807, 2.05) is 37.3 Å². The fourth-order valence-electron chi connectivity index (χ4n) is 2.80. The zero-order valence-corrected chi connectivity index (χ0v) is 19.6. The Labute approximate surface area is 193 Å². The van der Waals surface area contributed by atoms with Crippen molar-refractivity contribution >= 4 is 23.8 Å². The number of amides is 2. The highest BCUT2D eigenvalue weighted by molar-refractivity contribution is 6.10. The van der Waals surface area contributed by atoms with Gasteiger partial charge in [0.15, 0.2) is 0 Å². The Bertz CT molecular complexity index is 842. The van der Waals surface area contributed by atoms with E-state index in [0.29, 0.717) is 6.42 Å². The van der Waals surface area contributed by atoms with E-state index in [-0.39, 0.29) is 13.0 Å². The summed E-state index contributed by atoms with van der Waals surface area (Å²) in [6.07, 6.45) is 0.189. The number of benzene rings is 1. The second-order valence-corrected chi connectivity index (χ2v) is 8.70. The van der Waals surface area contributed by atoms with Crippen LogP contribution in [-0.4, -0.2) is 62.1 Å². The van der Waals surface area contributed by atoms with Gasteiger partial charge >= 0.3 is 11.9 Å². The minimum atomic E-state index is -1.88. The molecule has 1 aromatic rings. The van der Waals surface area contributed by atoms with Crippen LogP contribution in [0.25, 0.3) is 0 Å². The number of esters is 2. The van der Waals surface area contributed by atoms with E-state index in [9.17, 15) is 19.2 Å². The van der Waals surface area contributed by atoms with Gasteiger partial charge in [0, 0.05) is 13.5 Å². The number of epoxide rings is 1. The maximum atomic E-state index is 12.9. The largest absolute Gasteiger partial charge is 0.427 e. The molecule has 1 heterocycles. The molecule has 10 nitrogen and oxygen atoms in total. The third-order valence-corrected chi connectivity index (χ3v) is 4.98. The van der Waals surface area contributed by atoms with Gasteiger partial charge in [-0.15, -0.1) is 0 Å². The minimum absolute atomic E-state index is 0.187. The van der Waals surface area contributed by atoms with Crippen LogP contribution in [0.2, 0.25) is 0 Å². The molecule has 0 saturated carbocycles. The molecule has 1 saturated heterocycles. The van der Waals surface area contributed by atoms with Crippen molar-refractivity contribution in [3.05, 3.63) is 35.9 Å². The van der Waals surface area contributed by atoms with Crippen LogP contribution < -0.4 is 10.6 Å². The SMILES string of the molecule is CCC(NC(=O)[C@H](Cc1ccccc1)NC(=O)[C@]1(C(=O)OCOC(=O)C(C)(C)C)CO1)OC. The van der Waals surface area contributed by atoms with E-state index in [2.05, 4.69) is 10.6 Å². The lowest BCUT2D eigenvalue weighted by molar-refractivity contribution is -0.176. The number of methoxy groups -OCH3 is 1. The van der Waals surface area contributed by atoms with Crippen molar-refractivity contribution in [2.75, 3.05) is 20.5 Å². The molecule has 182 valence electrons. The third-order valence-electron chi connectivity index (χ3n) is 4.98. The van der Waals surface area contributed by atoms with E-state index in [0.717, 1.165) is 5.56 Å². The van der Waals surface area contributed by atoms with Crippen LogP contribution in [0.15, 0.2) is 30.3 Å². The first kappa shape index (κ1) is 26.3. The van der Waals surface area contributed by atoms with E-state index in [1.54, 1.807) is 20.8 Å². The molecule has 1 aliphatic rings. The lowest BCUT2D eigenvalue weighted by Gasteiger charge is -2.23. The Morgan fingerprint density at radius 1 is 1.09 bits per heavy atom. The third kappa shape index (κ3) is 7.26. The van der Waals surface area contributed by atoms with E-state index in [4.69, 9.17) is 18.9 Å². The Balaban J connectivity index is 2.04. The first-order valence-corrected chi connectivity index (χ1v) is 10.7. The summed E-state index contributed by atoms with van der Waals surface area (Å²) in [5.74, 6) is -2.84. The number of ether oxygens (including phenoxy) is 4. The summed E-state index contributed by atoms with van der Waals surface area (Å²) in [6.45, 7) is 5.95. The zero-order chi connectivity index (χ0) is 24.6. The Morgan fingerprint density at radius 3 is 2.24 bits per heavy atom. The molecule has 1 aromatic carbocycles. The summed E-state index contributed by atoms with van der Waals surface area (Å²) in [4.78, 5) is 50.0. The van der Waals surface area contributed by atoms with Gasteiger partial charge in [0.05, 0.1) is 12.0 Å². The van der Waals surface area contributed by atoms with Gasteiger partial charge in [0.2, 0.25) is 12.7 Å². The fourth-order valence-corrected chi connectivity index (χ4v) is 2.80. The van der Waals surface area contributed by atoms with Gasteiger partial charge in [-0.2, -0.15) is 0 Å². The van der Waals surface area contributed by atoms with E-state index in [1.165, 1.54) is 7.11 Å². The smallest absolute Gasteiger partial charge is 0.353 e. The van der Waals surface area contributed by atoms with Gasteiger partial charge in [0.1, 0.15) is 12.3 Å². The number of hydrogen-bond donors (Lipinski definition) is 2. The quantitative estimate of drug-likeness (QED) is 0.215. The highest BCUT2D eigenvalue weighted by Crippen LogP contribution is 2.29. The van der Waals surface area contributed by atoms with Gasteiger partial charge in [-0.1, -0.05) is 37.3 Å². The summed E-state index contributed by atoms with van der Waals surface area (Å²) in [6, 6.07) is 8.12. The van der Waals surface area contributed by atoms with Crippen LogP contribution in [0.1, 0.15) is 39.7 Å². The first-order chi connectivity index (χ1) is 15.5. The first-order valence-electron chi connectivity index (χ1n) is 10.7. The standard InChI is InChI=1S/C23H32N2O8/c1-6-17(30-5)25-18(26)16(12-15-10-8-7-9-11-15)24-19(27)23(13-33-23)21(29)32-14-31-20(28)22(2,3)4/h7-11,16-17H,6,12-14H2,1-5H3,(H,24,27)(H,25,26)/t16-,17?,23-/m0/s1. The maximum Gasteiger partial charge on any atom is 0.353 e. The van der Waals surface area contributed by atoms with Crippen molar-refractivity contribution in [3.63, 3.8) is 0 Å². The topological polar surface area (TPSA) is 133 Å². The molecule has 0 spiro atoms. The summed E-state index contributed by atoms with van der Waals surface area (Å²) in [5, 5.41) is 5.30. The van der Waals surface area contributed by atoms with Gasteiger partial charge in [-0.3, -0.25) is 14.4 Å². The van der Waals surface area contributed by atoms with Crippen molar-refractivity contribution in [1.82, 2.24) is 10.6 Å². The number of nitrogens with one attached hydrogen (secondary N) is 2. The van der Waals surface area contributed by atoms with Crippen LogP contribution in [-0.2, 0) is 44.5 Å². The predicted molar refractivity (Wildman–Crippen MR) is 116 cm³/mol. The number of rotatable bonds is 11. The average Bonchev–Trinajstić information content (AvgIpc) is 3.59. The molecule has 0 aliphatic carbocycles. The number of hydrogen-bond acceptors (Lipinski definition) is 8. The molecule has 2 amide bonds. The molecule has 1 aliphatic heterocycles. The maximum absolute atomic E-state index is 12.9. The fraction of sp³-hybridized carbons (Fsp3) is 0.565. The number of carbonyl (C=O) groups is 4. The van der Waals surface area contributed by atoms with Gasteiger partial charge < -0.3 is 29.6 Å². The second-order valence-electron chi connectivity index (χ2n) is 8.70. The highest BCUT2D eigenvalue weighted by atomic mass is 16.7. The molecule has 1 unspecified atom stereocenters.